The summed E-state index contributed by atoms with van der Waals surface area (Å²) in [6.07, 6.45) is -4.32. The third-order valence-corrected chi connectivity index (χ3v) is 3.38. The number of hydrogen-bond acceptors (Lipinski definition) is 1. The number of benzene rings is 1. The van der Waals surface area contributed by atoms with Gasteiger partial charge in [-0.15, -0.1) is 0 Å². The van der Waals surface area contributed by atoms with Crippen LogP contribution in [0.25, 0.3) is 0 Å². The Morgan fingerprint density at radius 2 is 1.61 bits per heavy atom. The number of hydrogen-bond donors (Lipinski definition) is 1. The lowest BCUT2D eigenvalue weighted by molar-refractivity contribution is -0.180. The molecular weight excluding hydrogens is 241 g/mol. The smallest absolute Gasteiger partial charge is 0.397 e. The van der Waals surface area contributed by atoms with Gasteiger partial charge in [-0.2, -0.15) is 13.2 Å². The Hall–Kier alpha value is -1.19. The van der Waals surface area contributed by atoms with Gasteiger partial charge in [0, 0.05) is 0 Å². The fraction of sp³-hybridized carbons (Fsp3) is 0.571. The number of halogens is 3. The lowest BCUT2D eigenvalue weighted by Gasteiger charge is -2.30. The van der Waals surface area contributed by atoms with Crippen molar-refractivity contribution >= 4 is 0 Å². The van der Waals surface area contributed by atoms with E-state index in [-0.39, 0.29) is 17.2 Å². The third kappa shape index (κ3) is 2.47. The fourth-order valence-corrected chi connectivity index (χ4v) is 2.00. The first-order chi connectivity index (χ1) is 7.98. The van der Waals surface area contributed by atoms with E-state index in [4.69, 9.17) is 0 Å². The van der Waals surface area contributed by atoms with E-state index >= 15 is 0 Å². The number of phenols is 1. The lowest BCUT2D eigenvalue weighted by atomic mass is 9.79. The predicted octanol–water partition coefficient (Wildman–Crippen LogP) is 4.66. The number of phenolic OH excluding ortho intramolecular Hbond substituents is 1. The molecule has 18 heavy (non-hydrogen) atoms. The van der Waals surface area contributed by atoms with E-state index in [9.17, 15) is 18.3 Å². The molecule has 0 radical (unpaired) electrons. The first kappa shape index (κ1) is 14.9. The zero-order chi connectivity index (χ0) is 14.3. The molecule has 102 valence electrons. The molecule has 1 aromatic carbocycles. The van der Waals surface area contributed by atoms with E-state index in [0.29, 0.717) is 11.1 Å². The lowest BCUT2D eigenvalue weighted by Crippen LogP contribution is -2.37. The Bertz CT molecular complexity index is 445. The second-order valence-corrected chi connectivity index (χ2v) is 5.50. The number of rotatable bonds is 2. The molecule has 0 aliphatic carbocycles. The zero-order valence-electron chi connectivity index (χ0n) is 11.3. The van der Waals surface area contributed by atoms with Crippen LogP contribution in [0.4, 0.5) is 13.2 Å². The summed E-state index contributed by atoms with van der Waals surface area (Å²) in [7, 11) is 0. The molecule has 4 heteroatoms. The number of aromatic hydroxyl groups is 1. The van der Waals surface area contributed by atoms with Crippen molar-refractivity contribution < 1.29 is 18.3 Å². The molecule has 0 spiro atoms. The van der Waals surface area contributed by atoms with Crippen LogP contribution in [0.15, 0.2) is 12.1 Å². The first-order valence-electron chi connectivity index (χ1n) is 5.89. The van der Waals surface area contributed by atoms with E-state index in [1.165, 1.54) is 12.1 Å². The van der Waals surface area contributed by atoms with Crippen LogP contribution in [-0.4, -0.2) is 11.3 Å². The average Bonchev–Trinajstić information content (AvgIpc) is 2.14. The van der Waals surface area contributed by atoms with E-state index in [2.05, 4.69) is 0 Å². The highest BCUT2D eigenvalue weighted by Crippen LogP contribution is 2.43. The van der Waals surface area contributed by atoms with Crippen LogP contribution in [0, 0.1) is 6.92 Å². The van der Waals surface area contributed by atoms with E-state index in [0.717, 1.165) is 13.8 Å². The molecule has 0 saturated heterocycles. The molecule has 0 atom stereocenters. The minimum absolute atomic E-state index is 0.0200. The monoisotopic (exact) mass is 260 g/mol. The predicted molar refractivity (Wildman–Crippen MR) is 66.0 cm³/mol. The maximum absolute atomic E-state index is 13.1. The van der Waals surface area contributed by atoms with Crippen molar-refractivity contribution in [1.29, 1.82) is 0 Å². The SMILES string of the molecule is Cc1cc(O)c(C(C)C)cc1C(C)(C)C(F)(F)F. The van der Waals surface area contributed by atoms with Gasteiger partial charge in [0.15, 0.2) is 0 Å². The largest absolute Gasteiger partial charge is 0.508 e. The van der Waals surface area contributed by atoms with Crippen LogP contribution >= 0.6 is 0 Å². The second-order valence-electron chi connectivity index (χ2n) is 5.50. The molecule has 0 fully saturated rings. The molecule has 1 aromatic rings. The van der Waals surface area contributed by atoms with Gasteiger partial charge in [-0.05, 0) is 49.4 Å². The van der Waals surface area contributed by atoms with Crippen molar-refractivity contribution in [2.45, 2.75) is 52.1 Å². The minimum atomic E-state index is -4.32. The van der Waals surface area contributed by atoms with Gasteiger partial charge >= 0.3 is 6.18 Å². The maximum atomic E-state index is 13.1. The summed E-state index contributed by atoms with van der Waals surface area (Å²) in [5, 5.41) is 9.77. The highest BCUT2D eigenvalue weighted by molar-refractivity contribution is 5.46. The normalized spacial score (nSPS) is 13.2. The van der Waals surface area contributed by atoms with Crippen molar-refractivity contribution in [3.05, 3.63) is 28.8 Å². The van der Waals surface area contributed by atoms with Gasteiger partial charge in [-0.3, -0.25) is 0 Å². The van der Waals surface area contributed by atoms with Gasteiger partial charge in [0.05, 0.1) is 5.41 Å². The Morgan fingerprint density at radius 1 is 1.11 bits per heavy atom. The molecule has 0 aliphatic heterocycles. The molecule has 0 saturated carbocycles. The third-order valence-electron chi connectivity index (χ3n) is 3.38. The Balaban J connectivity index is 3.47. The van der Waals surface area contributed by atoms with Gasteiger partial charge in [0.2, 0.25) is 0 Å². The molecule has 0 bridgehead atoms. The summed E-state index contributed by atoms with van der Waals surface area (Å²) in [6.45, 7) is 7.60. The molecule has 0 aromatic heterocycles. The van der Waals surface area contributed by atoms with E-state index < -0.39 is 11.6 Å². The Kier molecular flexibility index (Phi) is 3.70. The van der Waals surface area contributed by atoms with Crippen LogP contribution in [0.5, 0.6) is 5.75 Å². The fourth-order valence-electron chi connectivity index (χ4n) is 2.00. The van der Waals surface area contributed by atoms with Gasteiger partial charge in [-0.1, -0.05) is 19.9 Å². The summed E-state index contributed by atoms with van der Waals surface area (Å²) in [5.41, 5.74) is -0.697. The summed E-state index contributed by atoms with van der Waals surface area (Å²) >= 11 is 0. The Labute approximate surface area is 106 Å². The molecular formula is C14H19F3O. The van der Waals surface area contributed by atoms with Crippen LogP contribution in [0.3, 0.4) is 0 Å². The molecule has 0 amide bonds. The van der Waals surface area contributed by atoms with Crippen LogP contribution in [-0.2, 0) is 5.41 Å². The van der Waals surface area contributed by atoms with Crippen molar-refractivity contribution in [2.24, 2.45) is 0 Å². The van der Waals surface area contributed by atoms with E-state index in [1.807, 2.05) is 13.8 Å². The number of aryl methyl sites for hydroxylation is 1. The van der Waals surface area contributed by atoms with Crippen molar-refractivity contribution in [3.63, 3.8) is 0 Å². The Morgan fingerprint density at radius 3 is 2.00 bits per heavy atom. The summed E-state index contributed by atoms with van der Waals surface area (Å²) in [4.78, 5) is 0. The van der Waals surface area contributed by atoms with Crippen LogP contribution < -0.4 is 0 Å². The average molecular weight is 260 g/mol. The van der Waals surface area contributed by atoms with Crippen molar-refractivity contribution in [2.75, 3.05) is 0 Å². The molecule has 0 heterocycles. The summed E-state index contributed by atoms with van der Waals surface area (Å²) < 4.78 is 39.2. The van der Waals surface area contributed by atoms with E-state index in [1.54, 1.807) is 6.92 Å². The highest BCUT2D eigenvalue weighted by atomic mass is 19.4. The maximum Gasteiger partial charge on any atom is 0.397 e. The van der Waals surface area contributed by atoms with Crippen LogP contribution in [0.2, 0.25) is 0 Å². The molecule has 0 aliphatic rings. The first-order valence-corrected chi connectivity index (χ1v) is 5.89. The number of alkyl halides is 3. The van der Waals surface area contributed by atoms with Gasteiger partial charge in [0.25, 0.3) is 0 Å². The summed E-state index contributed by atoms with van der Waals surface area (Å²) in [6, 6.07) is 2.89. The van der Waals surface area contributed by atoms with Gasteiger partial charge in [0.1, 0.15) is 5.75 Å². The van der Waals surface area contributed by atoms with Crippen molar-refractivity contribution in [1.82, 2.24) is 0 Å². The topological polar surface area (TPSA) is 20.2 Å². The van der Waals surface area contributed by atoms with Gasteiger partial charge < -0.3 is 5.11 Å². The quantitative estimate of drug-likeness (QED) is 0.819. The van der Waals surface area contributed by atoms with Gasteiger partial charge in [-0.25, -0.2) is 0 Å². The minimum Gasteiger partial charge on any atom is -0.508 e. The van der Waals surface area contributed by atoms with Crippen molar-refractivity contribution in [3.8, 4) is 5.75 Å². The standard InChI is InChI=1S/C14H19F3O/c1-8(2)10-7-11(9(3)6-12(10)18)13(4,5)14(15,16)17/h6-8,18H,1-5H3. The zero-order valence-corrected chi connectivity index (χ0v) is 11.3. The highest BCUT2D eigenvalue weighted by Gasteiger charge is 2.49. The molecule has 1 rings (SSSR count). The second kappa shape index (κ2) is 4.48. The van der Waals surface area contributed by atoms with Crippen LogP contribution in [0.1, 0.15) is 50.3 Å². The summed E-state index contributed by atoms with van der Waals surface area (Å²) in [5.74, 6) is 0.0395. The molecule has 1 N–H and O–H groups in total. The molecule has 1 nitrogen and oxygen atoms in total. The molecule has 0 unspecified atom stereocenters.